The Labute approximate surface area is 112 Å². The molecule has 2 aromatic rings. The van der Waals surface area contributed by atoms with Crippen molar-refractivity contribution in [2.45, 2.75) is 0 Å². The van der Waals surface area contributed by atoms with E-state index in [1.165, 1.54) is 6.20 Å². The third-order valence-corrected chi connectivity index (χ3v) is 3.03. The first-order chi connectivity index (χ1) is 8.61. The maximum absolute atomic E-state index is 11.9. The lowest BCUT2D eigenvalue weighted by molar-refractivity contribution is 0.102. The lowest BCUT2D eigenvalue weighted by atomic mass is 10.2. The number of methoxy groups -OCH3 is 1. The number of nitrogens with zero attached hydrogens (tertiary/aromatic N) is 1. The average Bonchev–Trinajstić information content (AvgIpc) is 2.78. The minimum Gasteiger partial charge on any atom is -0.497 e. The number of nitrogens with one attached hydrogen (secondary N) is 2. The summed E-state index contributed by atoms with van der Waals surface area (Å²) >= 11 is 3.34. The molecule has 0 unspecified atom stereocenters. The molecule has 0 aliphatic carbocycles. The number of hydrogen-bond acceptors (Lipinski definition) is 4. The number of hydrogen-bond donors (Lipinski definition) is 3. The topological polar surface area (TPSA) is 93.0 Å². The number of aromatic nitrogens is 2. The van der Waals surface area contributed by atoms with E-state index in [4.69, 9.17) is 10.5 Å². The summed E-state index contributed by atoms with van der Waals surface area (Å²) in [5.74, 6) is 0.537. The number of nitrogen functional groups attached to an aromatic ring is 1. The molecule has 0 radical (unpaired) electrons. The van der Waals surface area contributed by atoms with E-state index in [1.54, 1.807) is 25.3 Å². The summed E-state index contributed by atoms with van der Waals surface area (Å²) in [6.45, 7) is 0. The zero-order valence-electron chi connectivity index (χ0n) is 9.53. The monoisotopic (exact) mass is 310 g/mol. The fourth-order valence-corrected chi connectivity index (χ4v) is 1.74. The number of anilines is 2. The van der Waals surface area contributed by atoms with Crippen molar-refractivity contribution in [3.63, 3.8) is 0 Å². The molecule has 0 saturated heterocycles. The predicted molar refractivity (Wildman–Crippen MR) is 71.6 cm³/mol. The van der Waals surface area contributed by atoms with Gasteiger partial charge in [-0.05, 0) is 28.1 Å². The number of halogens is 1. The standard InChI is InChI=1S/C11H11BrN4O2/c1-18-6-2-3-8(12)9(4-6)15-11(17)7-5-14-16-10(7)13/h2-5H,1H3,(H,15,17)(H3,13,14,16). The molecule has 0 aliphatic heterocycles. The maximum atomic E-state index is 11.9. The van der Waals surface area contributed by atoms with Crippen LogP contribution in [0.1, 0.15) is 10.4 Å². The average molecular weight is 311 g/mol. The maximum Gasteiger partial charge on any atom is 0.261 e. The molecule has 1 amide bonds. The van der Waals surface area contributed by atoms with E-state index < -0.39 is 0 Å². The SMILES string of the molecule is COc1ccc(Br)c(NC(=O)c2cn[nH]c2N)c1. The number of rotatable bonds is 3. The summed E-state index contributed by atoms with van der Waals surface area (Å²) in [5, 5.41) is 8.92. The van der Waals surface area contributed by atoms with Gasteiger partial charge in [-0.3, -0.25) is 9.89 Å². The molecule has 4 N–H and O–H groups in total. The normalized spacial score (nSPS) is 10.1. The Balaban J connectivity index is 2.24. The van der Waals surface area contributed by atoms with Crippen LogP contribution in [0, 0.1) is 0 Å². The molecule has 94 valence electrons. The predicted octanol–water partition coefficient (Wildman–Crippen LogP) is 2.02. The number of nitrogens with two attached hydrogens (primary N) is 1. The van der Waals surface area contributed by atoms with Crippen molar-refractivity contribution in [2.24, 2.45) is 0 Å². The fourth-order valence-electron chi connectivity index (χ4n) is 1.39. The Morgan fingerprint density at radius 2 is 2.33 bits per heavy atom. The Bertz CT molecular complexity index is 582. The number of ether oxygens (including phenoxy) is 1. The minimum absolute atomic E-state index is 0.228. The van der Waals surface area contributed by atoms with Crippen LogP contribution in [0.4, 0.5) is 11.5 Å². The third-order valence-electron chi connectivity index (χ3n) is 2.34. The molecule has 1 heterocycles. The molecule has 1 aromatic heterocycles. The van der Waals surface area contributed by atoms with Crippen molar-refractivity contribution in [1.29, 1.82) is 0 Å². The number of aromatic amines is 1. The highest BCUT2D eigenvalue weighted by Crippen LogP contribution is 2.27. The quantitative estimate of drug-likeness (QED) is 0.808. The van der Waals surface area contributed by atoms with Crippen LogP contribution in [0.5, 0.6) is 5.75 Å². The van der Waals surface area contributed by atoms with E-state index in [0.29, 0.717) is 17.0 Å². The van der Waals surface area contributed by atoms with Crippen molar-refractivity contribution < 1.29 is 9.53 Å². The molecule has 6 nitrogen and oxygen atoms in total. The lowest BCUT2D eigenvalue weighted by Crippen LogP contribution is -2.13. The summed E-state index contributed by atoms with van der Waals surface area (Å²) in [7, 11) is 1.56. The summed E-state index contributed by atoms with van der Waals surface area (Å²) < 4.78 is 5.84. The van der Waals surface area contributed by atoms with E-state index in [0.717, 1.165) is 4.47 Å². The lowest BCUT2D eigenvalue weighted by Gasteiger charge is -2.08. The molecule has 0 atom stereocenters. The molecule has 0 saturated carbocycles. The molecule has 0 spiro atoms. The molecular formula is C11H11BrN4O2. The second kappa shape index (κ2) is 5.09. The Morgan fingerprint density at radius 1 is 1.56 bits per heavy atom. The molecule has 0 aliphatic rings. The second-order valence-corrected chi connectivity index (χ2v) is 4.35. The van der Waals surface area contributed by atoms with Gasteiger partial charge in [-0.15, -0.1) is 0 Å². The molecule has 7 heteroatoms. The Hall–Kier alpha value is -2.02. The first-order valence-corrected chi connectivity index (χ1v) is 5.85. The number of carbonyl (C=O) groups is 1. The van der Waals surface area contributed by atoms with Gasteiger partial charge in [-0.25, -0.2) is 0 Å². The van der Waals surface area contributed by atoms with E-state index in [-0.39, 0.29) is 11.7 Å². The van der Waals surface area contributed by atoms with Crippen LogP contribution >= 0.6 is 15.9 Å². The molecule has 1 aromatic carbocycles. The van der Waals surface area contributed by atoms with Gasteiger partial charge in [0.2, 0.25) is 0 Å². The van der Waals surface area contributed by atoms with Crippen LogP contribution in [0.3, 0.4) is 0 Å². The van der Waals surface area contributed by atoms with Crippen molar-refractivity contribution in [3.8, 4) is 5.75 Å². The third kappa shape index (κ3) is 2.45. The van der Waals surface area contributed by atoms with Crippen LogP contribution in [0.25, 0.3) is 0 Å². The van der Waals surface area contributed by atoms with Crippen LogP contribution in [0.2, 0.25) is 0 Å². The molecule has 0 bridgehead atoms. The van der Waals surface area contributed by atoms with Crippen molar-refractivity contribution in [3.05, 3.63) is 34.4 Å². The first-order valence-electron chi connectivity index (χ1n) is 5.05. The van der Waals surface area contributed by atoms with Crippen LogP contribution in [0.15, 0.2) is 28.9 Å². The highest BCUT2D eigenvalue weighted by Gasteiger charge is 2.13. The number of benzene rings is 1. The van der Waals surface area contributed by atoms with Crippen molar-refractivity contribution in [2.75, 3.05) is 18.2 Å². The molecular weight excluding hydrogens is 300 g/mol. The van der Waals surface area contributed by atoms with Gasteiger partial charge in [0.25, 0.3) is 5.91 Å². The Morgan fingerprint density at radius 3 is 2.94 bits per heavy atom. The highest BCUT2D eigenvalue weighted by atomic mass is 79.9. The van der Waals surface area contributed by atoms with Gasteiger partial charge in [0.05, 0.1) is 19.0 Å². The smallest absolute Gasteiger partial charge is 0.261 e. The van der Waals surface area contributed by atoms with Gasteiger partial charge >= 0.3 is 0 Å². The van der Waals surface area contributed by atoms with Gasteiger partial charge in [0.1, 0.15) is 17.1 Å². The van der Waals surface area contributed by atoms with E-state index in [9.17, 15) is 4.79 Å². The highest BCUT2D eigenvalue weighted by molar-refractivity contribution is 9.10. The first kappa shape index (κ1) is 12.4. The summed E-state index contributed by atoms with van der Waals surface area (Å²) in [5.41, 5.74) is 6.47. The zero-order valence-corrected chi connectivity index (χ0v) is 11.1. The van der Waals surface area contributed by atoms with Crippen LogP contribution in [-0.2, 0) is 0 Å². The number of H-pyrrole nitrogens is 1. The summed E-state index contributed by atoms with van der Waals surface area (Å²) in [6.07, 6.45) is 1.37. The van der Waals surface area contributed by atoms with Crippen LogP contribution < -0.4 is 15.8 Å². The molecule has 2 rings (SSSR count). The van der Waals surface area contributed by atoms with Crippen molar-refractivity contribution in [1.82, 2.24) is 10.2 Å². The zero-order chi connectivity index (χ0) is 13.1. The van der Waals surface area contributed by atoms with Gasteiger partial charge < -0.3 is 15.8 Å². The van der Waals surface area contributed by atoms with Gasteiger partial charge in [-0.1, -0.05) is 0 Å². The summed E-state index contributed by atoms with van der Waals surface area (Å²) in [4.78, 5) is 11.9. The Kier molecular flexibility index (Phi) is 3.52. The molecule has 0 fully saturated rings. The summed E-state index contributed by atoms with van der Waals surface area (Å²) in [6, 6.07) is 5.28. The molecule has 18 heavy (non-hydrogen) atoms. The van der Waals surface area contributed by atoms with Gasteiger partial charge in [-0.2, -0.15) is 5.10 Å². The van der Waals surface area contributed by atoms with Gasteiger partial charge in [0, 0.05) is 10.5 Å². The van der Waals surface area contributed by atoms with Gasteiger partial charge in [0.15, 0.2) is 0 Å². The number of amides is 1. The van der Waals surface area contributed by atoms with E-state index in [1.807, 2.05) is 0 Å². The van der Waals surface area contributed by atoms with Crippen LogP contribution in [-0.4, -0.2) is 23.2 Å². The van der Waals surface area contributed by atoms with Crippen molar-refractivity contribution >= 4 is 33.3 Å². The van der Waals surface area contributed by atoms with E-state index in [2.05, 4.69) is 31.4 Å². The van der Waals surface area contributed by atoms with E-state index >= 15 is 0 Å². The fraction of sp³-hybridized carbons (Fsp3) is 0.0909. The largest absolute Gasteiger partial charge is 0.497 e. The second-order valence-electron chi connectivity index (χ2n) is 3.50. The number of carbonyl (C=O) groups excluding carboxylic acids is 1. The minimum atomic E-state index is -0.338.